The minimum absolute atomic E-state index is 0.570. The Morgan fingerprint density at radius 3 is 0.842 bits per heavy atom. The molecule has 0 N–H and O–H groups in total. The number of rotatable bonds is 0. The van der Waals surface area contributed by atoms with Crippen LogP contribution < -0.4 is 0 Å². The van der Waals surface area contributed by atoms with Gasteiger partial charge in [0.2, 0.25) is 0 Å². The topological polar surface area (TPSA) is 0 Å². The van der Waals surface area contributed by atoms with Crippen LogP contribution in [-0.2, 0) is 0 Å². The predicted octanol–water partition coefficient (Wildman–Crippen LogP) is 2.80. The molecular formula is C9AsF9. The van der Waals surface area contributed by atoms with Crippen molar-refractivity contribution in [1.82, 2.24) is 0 Å². The standard InChI is InChI=1S/C9AsF9/c11-7(12,13)1-4-10(5-2-8(14,15)16)6-3-9(17,18)19. The molecule has 0 atom stereocenters. The molecule has 0 aliphatic carbocycles. The molecule has 0 aromatic rings. The van der Waals surface area contributed by atoms with E-state index in [1.54, 1.807) is 0 Å². The molecule has 0 amide bonds. The van der Waals surface area contributed by atoms with Crippen molar-refractivity contribution in [2.45, 2.75) is 18.5 Å². The molecule has 0 spiro atoms. The Labute approximate surface area is 105 Å². The molecule has 0 aliphatic rings. The van der Waals surface area contributed by atoms with E-state index in [4.69, 9.17) is 0 Å². The summed E-state index contributed by atoms with van der Waals surface area (Å²) in [6, 6.07) is 0. The second-order valence-corrected chi connectivity index (χ2v) is 5.35. The first-order valence-corrected chi connectivity index (χ1v) is 6.69. The predicted molar refractivity (Wildman–Crippen MR) is 47.2 cm³/mol. The maximum absolute atomic E-state index is 11.7. The zero-order chi connectivity index (χ0) is 15.3. The van der Waals surface area contributed by atoms with Crippen molar-refractivity contribution in [3.8, 4) is 31.9 Å². The van der Waals surface area contributed by atoms with E-state index in [0.29, 0.717) is 17.8 Å². The van der Waals surface area contributed by atoms with E-state index in [0.717, 1.165) is 0 Å². The third-order valence-corrected chi connectivity index (χ3v) is 3.04. The van der Waals surface area contributed by atoms with Crippen molar-refractivity contribution in [1.29, 1.82) is 0 Å². The summed E-state index contributed by atoms with van der Waals surface area (Å²) >= 11 is -3.85. The van der Waals surface area contributed by atoms with Gasteiger partial charge in [0.15, 0.2) is 0 Å². The third-order valence-electron chi connectivity index (χ3n) is 0.928. The summed E-state index contributed by atoms with van der Waals surface area (Å²) < 4.78 is 109. The van der Waals surface area contributed by atoms with Crippen molar-refractivity contribution >= 4 is 14.7 Å². The molecule has 0 unspecified atom stereocenters. The zero-order valence-corrected chi connectivity index (χ0v) is 10.2. The van der Waals surface area contributed by atoms with E-state index in [-0.39, 0.29) is 0 Å². The molecule has 0 nitrogen and oxygen atoms in total. The van der Waals surface area contributed by atoms with Crippen LogP contribution in [0.1, 0.15) is 0 Å². The Morgan fingerprint density at radius 1 is 0.474 bits per heavy atom. The van der Waals surface area contributed by atoms with Crippen LogP contribution in [0.4, 0.5) is 39.5 Å². The second-order valence-electron chi connectivity index (χ2n) is 2.54. The monoisotopic (exact) mass is 354 g/mol. The van der Waals surface area contributed by atoms with Gasteiger partial charge < -0.3 is 0 Å². The van der Waals surface area contributed by atoms with Crippen LogP contribution in [0.15, 0.2) is 0 Å². The second kappa shape index (κ2) is 6.17. The maximum atomic E-state index is 11.7. The van der Waals surface area contributed by atoms with E-state index in [1.165, 1.54) is 14.1 Å². The van der Waals surface area contributed by atoms with Gasteiger partial charge >= 0.3 is 105 Å². The molecule has 0 saturated carbocycles. The Bertz CT molecular complexity index is 412. The summed E-state index contributed by atoms with van der Waals surface area (Å²) in [5.41, 5.74) is 0. The quantitative estimate of drug-likeness (QED) is 0.357. The summed E-state index contributed by atoms with van der Waals surface area (Å²) in [5.74, 6) is 1.71. The first-order chi connectivity index (χ1) is 8.29. The molecule has 0 aliphatic heterocycles. The third kappa shape index (κ3) is 12.8. The van der Waals surface area contributed by atoms with Crippen molar-refractivity contribution in [3.63, 3.8) is 0 Å². The van der Waals surface area contributed by atoms with Gasteiger partial charge in [-0.15, -0.1) is 0 Å². The Balaban J connectivity index is 5.30. The number of alkyl halides is 9. The molecule has 104 valence electrons. The van der Waals surface area contributed by atoms with Crippen LogP contribution in [0.3, 0.4) is 0 Å². The van der Waals surface area contributed by atoms with Gasteiger partial charge in [-0.3, -0.25) is 0 Å². The van der Waals surface area contributed by atoms with Crippen LogP contribution in [0.2, 0.25) is 0 Å². The molecule has 0 heterocycles. The fourth-order valence-electron chi connectivity index (χ4n) is 0.442. The minimum atomic E-state index is -5.03. The molecule has 0 fully saturated rings. The molecule has 0 rings (SSSR count). The summed E-state index contributed by atoms with van der Waals surface area (Å²) in [6.45, 7) is 0. The molecule has 0 radical (unpaired) electrons. The van der Waals surface area contributed by atoms with Crippen molar-refractivity contribution < 1.29 is 39.5 Å². The molecule has 10 heteroatoms. The van der Waals surface area contributed by atoms with Crippen LogP contribution in [0.5, 0.6) is 0 Å². The summed E-state index contributed by atoms with van der Waals surface area (Å²) in [7, 11) is 0. The summed E-state index contributed by atoms with van der Waals surface area (Å²) in [6.07, 6.45) is -15.1. The zero-order valence-electron chi connectivity index (χ0n) is 8.35. The molecule has 0 aromatic heterocycles. The van der Waals surface area contributed by atoms with Crippen LogP contribution in [-0.4, -0.2) is 33.2 Å². The Kier molecular flexibility index (Phi) is 5.72. The normalized spacial score (nSPS) is 11.7. The van der Waals surface area contributed by atoms with E-state index in [2.05, 4.69) is 0 Å². The molecule has 0 saturated heterocycles. The van der Waals surface area contributed by atoms with Gasteiger partial charge in [0.25, 0.3) is 0 Å². The Morgan fingerprint density at radius 2 is 0.684 bits per heavy atom. The number of hydrogen-bond acceptors (Lipinski definition) is 0. The van der Waals surface area contributed by atoms with Crippen molar-refractivity contribution in [2.24, 2.45) is 0 Å². The van der Waals surface area contributed by atoms with Gasteiger partial charge in [-0.05, 0) is 0 Å². The van der Waals surface area contributed by atoms with E-state index < -0.39 is 33.2 Å². The fraction of sp³-hybridized carbons (Fsp3) is 0.333. The van der Waals surface area contributed by atoms with Crippen molar-refractivity contribution in [3.05, 3.63) is 0 Å². The van der Waals surface area contributed by atoms with E-state index in [1.807, 2.05) is 0 Å². The molecular weight excluding hydrogens is 354 g/mol. The molecule has 19 heavy (non-hydrogen) atoms. The SMILES string of the molecule is FC(F)(F)C#C[As](C#CC(F)(F)F)C#CC(F)(F)F. The average molecular weight is 354 g/mol. The summed E-state index contributed by atoms with van der Waals surface area (Å²) in [4.78, 5) is 0. The number of halogens is 9. The number of hydrogen-bond donors (Lipinski definition) is 0. The van der Waals surface area contributed by atoms with Gasteiger partial charge in [0, 0.05) is 0 Å². The van der Waals surface area contributed by atoms with Crippen LogP contribution >= 0.6 is 0 Å². The van der Waals surface area contributed by atoms with Crippen LogP contribution in [0.25, 0.3) is 0 Å². The van der Waals surface area contributed by atoms with Gasteiger partial charge in [-0.1, -0.05) is 0 Å². The fourth-order valence-corrected chi connectivity index (χ4v) is 2.30. The first kappa shape index (κ1) is 17.6. The molecule has 0 bridgehead atoms. The van der Waals surface area contributed by atoms with E-state index >= 15 is 0 Å². The van der Waals surface area contributed by atoms with Gasteiger partial charge in [0.05, 0.1) is 0 Å². The van der Waals surface area contributed by atoms with Crippen LogP contribution in [0, 0.1) is 31.9 Å². The van der Waals surface area contributed by atoms with Gasteiger partial charge in [-0.2, -0.15) is 0 Å². The van der Waals surface area contributed by atoms with Gasteiger partial charge in [-0.25, -0.2) is 0 Å². The van der Waals surface area contributed by atoms with E-state index in [9.17, 15) is 39.5 Å². The molecule has 0 aromatic carbocycles. The first-order valence-electron chi connectivity index (χ1n) is 3.87. The average Bonchev–Trinajstić information content (AvgIpc) is 2.11. The van der Waals surface area contributed by atoms with Crippen molar-refractivity contribution in [2.75, 3.05) is 0 Å². The Hall–Kier alpha value is -1.39. The summed E-state index contributed by atoms with van der Waals surface area (Å²) in [5, 5.41) is 0. The van der Waals surface area contributed by atoms with Gasteiger partial charge in [0.1, 0.15) is 0 Å².